The van der Waals surface area contributed by atoms with Crippen LogP contribution in [0.25, 0.3) is 0 Å². The predicted molar refractivity (Wildman–Crippen MR) is 102 cm³/mol. The molecular formula is C21H32N2O3. The van der Waals surface area contributed by atoms with Crippen LogP contribution in [0.1, 0.15) is 31.2 Å². The van der Waals surface area contributed by atoms with Crippen molar-refractivity contribution in [3.63, 3.8) is 0 Å². The largest absolute Gasteiger partial charge is 0.497 e. The molecule has 4 rings (SSSR count). The van der Waals surface area contributed by atoms with Gasteiger partial charge in [0.05, 0.1) is 26.4 Å². The molecule has 0 bridgehead atoms. The van der Waals surface area contributed by atoms with Gasteiger partial charge in [-0.3, -0.25) is 4.90 Å². The molecule has 5 nitrogen and oxygen atoms in total. The van der Waals surface area contributed by atoms with Gasteiger partial charge in [0.15, 0.2) is 0 Å². The van der Waals surface area contributed by atoms with Crippen LogP contribution in [0.15, 0.2) is 24.3 Å². The van der Waals surface area contributed by atoms with Crippen LogP contribution in [0.3, 0.4) is 0 Å². The number of rotatable bonds is 5. The van der Waals surface area contributed by atoms with Gasteiger partial charge in [-0.05, 0) is 56.5 Å². The maximum absolute atomic E-state index is 6.61. The van der Waals surface area contributed by atoms with Gasteiger partial charge in [-0.1, -0.05) is 12.1 Å². The molecule has 0 aromatic heterocycles. The summed E-state index contributed by atoms with van der Waals surface area (Å²) < 4.78 is 17.8. The highest BCUT2D eigenvalue weighted by Crippen LogP contribution is 2.34. The summed E-state index contributed by atoms with van der Waals surface area (Å²) in [5.41, 5.74) is 1.20. The topological polar surface area (TPSA) is 34.2 Å². The van der Waals surface area contributed by atoms with Crippen LogP contribution in [-0.4, -0.2) is 74.6 Å². The van der Waals surface area contributed by atoms with E-state index >= 15 is 0 Å². The van der Waals surface area contributed by atoms with E-state index in [0.29, 0.717) is 6.10 Å². The first-order chi connectivity index (χ1) is 12.7. The van der Waals surface area contributed by atoms with Crippen LogP contribution >= 0.6 is 0 Å². The number of benzene rings is 1. The minimum absolute atomic E-state index is 0.118. The highest BCUT2D eigenvalue weighted by Gasteiger charge is 2.43. The molecule has 0 radical (unpaired) electrons. The molecule has 144 valence electrons. The number of hydrogen-bond acceptors (Lipinski definition) is 5. The molecule has 0 N–H and O–H groups in total. The van der Waals surface area contributed by atoms with E-state index in [1.54, 1.807) is 7.11 Å². The first-order valence-electron chi connectivity index (χ1n) is 10.1. The fourth-order valence-electron chi connectivity index (χ4n) is 4.61. The van der Waals surface area contributed by atoms with Crippen molar-refractivity contribution < 1.29 is 14.2 Å². The Morgan fingerprint density at radius 2 is 1.92 bits per heavy atom. The molecule has 3 aliphatic heterocycles. The summed E-state index contributed by atoms with van der Waals surface area (Å²) in [5.74, 6) is 0.910. The zero-order valence-electron chi connectivity index (χ0n) is 16.0. The Hall–Kier alpha value is -1.14. The van der Waals surface area contributed by atoms with E-state index in [9.17, 15) is 0 Å². The lowest BCUT2D eigenvalue weighted by Gasteiger charge is -2.32. The summed E-state index contributed by atoms with van der Waals surface area (Å²) in [4.78, 5) is 5.06. The van der Waals surface area contributed by atoms with E-state index < -0.39 is 0 Å². The summed E-state index contributed by atoms with van der Waals surface area (Å²) in [7, 11) is 1.71. The quantitative estimate of drug-likeness (QED) is 0.806. The van der Waals surface area contributed by atoms with Crippen molar-refractivity contribution >= 4 is 0 Å². The summed E-state index contributed by atoms with van der Waals surface area (Å²) in [6.45, 7) is 7.99. The molecular weight excluding hydrogens is 328 g/mol. The smallest absolute Gasteiger partial charge is 0.118 e. The van der Waals surface area contributed by atoms with Crippen LogP contribution in [0.2, 0.25) is 0 Å². The fourth-order valence-corrected chi connectivity index (χ4v) is 4.61. The van der Waals surface area contributed by atoms with Crippen molar-refractivity contribution in [1.29, 1.82) is 0 Å². The second-order valence-electron chi connectivity index (χ2n) is 8.08. The molecule has 1 aromatic rings. The van der Waals surface area contributed by atoms with Crippen LogP contribution in [0.4, 0.5) is 0 Å². The summed E-state index contributed by atoms with van der Waals surface area (Å²) in [5, 5.41) is 0. The molecule has 3 heterocycles. The maximum Gasteiger partial charge on any atom is 0.118 e. The monoisotopic (exact) mass is 360 g/mol. The van der Waals surface area contributed by atoms with Crippen molar-refractivity contribution in [2.75, 3.05) is 53.0 Å². The van der Waals surface area contributed by atoms with E-state index in [1.165, 1.54) is 31.5 Å². The summed E-state index contributed by atoms with van der Waals surface area (Å²) >= 11 is 0. The third kappa shape index (κ3) is 4.39. The second kappa shape index (κ2) is 8.26. The van der Waals surface area contributed by atoms with E-state index in [4.69, 9.17) is 14.2 Å². The standard InChI is InChI=1S/C21H32N2O3/c1-24-19-6-4-18(5-7-19)14-23-12-13-25-17-21(16-23)9-8-20(26-21)15-22-10-2-3-11-22/h4-7,20H,2-3,8-17H2,1H3/t20-,21+/m1/s1. The zero-order chi connectivity index (χ0) is 17.8. The molecule has 3 saturated heterocycles. The summed E-state index contributed by atoms with van der Waals surface area (Å²) in [6.07, 6.45) is 5.34. The summed E-state index contributed by atoms with van der Waals surface area (Å²) in [6, 6.07) is 8.39. The van der Waals surface area contributed by atoms with Crippen molar-refractivity contribution in [2.24, 2.45) is 0 Å². The van der Waals surface area contributed by atoms with Gasteiger partial charge < -0.3 is 19.1 Å². The minimum atomic E-state index is -0.118. The highest BCUT2D eigenvalue weighted by atomic mass is 16.6. The molecule has 1 aromatic carbocycles. The van der Waals surface area contributed by atoms with E-state index in [-0.39, 0.29) is 5.60 Å². The van der Waals surface area contributed by atoms with Gasteiger partial charge in [0.2, 0.25) is 0 Å². The SMILES string of the molecule is COc1ccc(CN2CCOC[C@]3(CC[C@H](CN4CCCC4)O3)C2)cc1. The van der Waals surface area contributed by atoms with Crippen LogP contribution in [-0.2, 0) is 16.0 Å². The molecule has 3 fully saturated rings. The molecule has 5 heteroatoms. The second-order valence-corrected chi connectivity index (χ2v) is 8.08. The molecule has 26 heavy (non-hydrogen) atoms. The van der Waals surface area contributed by atoms with Crippen molar-refractivity contribution in [3.8, 4) is 5.75 Å². The molecule has 0 aliphatic carbocycles. The zero-order valence-corrected chi connectivity index (χ0v) is 16.0. The molecule has 3 aliphatic rings. The molecule has 0 amide bonds. The lowest BCUT2D eigenvalue weighted by Crippen LogP contribution is -2.45. The fraction of sp³-hybridized carbons (Fsp3) is 0.714. The Morgan fingerprint density at radius 1 is 1.12 bits per heavy atom. The van der Waals surface area contributed by atoms with Crippen molar-refractivity contribution in [1.82, 2.24) is 9.80 Å². The van der Waals surface area contributed by atoms with Gasteiger partial charge in [0.25, 0.3) is 0 Å². The highest BCUT2D eigenvalue weighted by molar-refractivity contribution is 5.27. The normalized spacial score (nSPS) is 30.7. The Kier molecular flexibility index (Phi) is 5.79. The van der Waals surface area contributed by atoms with Gasteiger partial charge in [0, 0.05) is 26.2 Å². The van der Waals surface area contributed by atoms with E-state index in [0.717, 1.165) is 58.0 Å². The molecule has 0 unspecified atom stereocenters. The first kappa shape index (κ1) is 18.2. The number of likely N-dealkylation sites (tertiary alicyclic amines) is 1. The third-order valence-corrected chi connectivity index (χ3v) is 5.99. The van der Waals surface area contributed by atoms with E-state index in [2.05, 4.69) is 21.9 Å². The average Bonchev–Trinajstić information content (AvgIpc) is 3.25. The van der Waals surface area contributed by atoms with Gasteiger partial charge in [0.1, 0.15) is 11.4 Å². The Balaban J connectivity index is 1.36. The Labute approximate surface area is 157 Å². The van der Waals surface area contributed by atoms with Crippen LogP contribution < -0.4 is 4.74 Å². The minimum Gasteiger partial charge on any atom is -0.497 e. The lowest BCUT2D eigenvalue weighted by molar-refractivity contribution is -0.0913. The number of methoxy groups -OCH3 is 1. The van der Waals surface area contributed by atoms with Gasteiger partial charge in [-0.2, -0.15) is 0 Å². The van der Waals surface area contributed by atoms with Crippen LogP contribution in [0.5, 0.6) is 5.75 Å². The first-order valence-corrected chi connectivity index (χ1v) is 10.1. The van der Waals surface area contributed by atoms with Crippen molar-refractivity contribution in [2.45, 2.75) is 43.9 Å². The Morgan fingerprint density at radius 3 is 2.69 bits per heavy atom. The molecule has 1 spiro atoms. The Bertz CT molecular complexity index is 573. The van der Waals surface area contributed by atoms with E-state index in [1.807, 2.05) is 12.1 Å². The molecule has 2 atom stereocenters. The van der Waals surface area contributed by atoms with Gasteiger partial charge in [-0.15, -0.1) is 0 Å². The van der Waals surface area contributed by atoms with Gasteiger partial charge in [-0.25, -0.2) is 0 Å². The van der Waals surface area contributed by atoms with Gasteiger partial charge >= 0.3 is 0 Å². The number of hydrogen-bond donors (Lipinski definition) is 0. The third-order valence-electron chi connectivity index (χ3n) is 5.99. The number of ether oxygens (including phenoxy) is 3. The number of nitrogens with zero attached hydrogens (tertiary/aromatic N) is 2. The average molecular weight is 360 g/mol. The maximum atomic E-state index is 6.61. The lowest BCUT2D eigenvalue weighted by atomic mass is 9.99. The molecule has 0 saturated carbocycles. The predicted octanol–water partition coefficient (Wildman–Crippen LogP) is 2.54. The van der Waals surface area contributed by atoms with Crippen LogP contribution in [0, 0.1) is 0 Å². The van der Waals surface area contributed by atoms with Crippen molar-refractivity contribution in [3.05, 3.63) is 29.8 Å².